The van der Waals surface area contributed by atoms with Crippen LogP contribution in [-0.4, -0.2) is 90.6 Å². The van der Waals surface area contributed by atoms with E-state index in [4.69, 9.17) is 18.9 Å². The number of carbonyl (C=O) groups is 3. The number of nitrogens with one attached hydrogen (secondary N) is 3. The second-order valence-corrected chi connectivity index (χ2v) is 13.7. The fourth-order valence-corrected chi connectivity index (χ4v) is 6.13. The molecule has 13 nitrogen and oxygen atoms in total. The Morgan fingerprint density at radius 1 is 0.960 bits per heavy atom. The van der Waals surface area contributed by atoms with E-state index < -0.39 is 47.8 Å². The van der Waals surface area contributed by atoms with Crippen LogP contribution in [0.4, 0.5) is 9.59 Å². The number of aliphatic hydroxyl groups excluding tert-OH is 1. The second kappa shape index (κ2) is 16.9. The van der Waals surface area contributed by atoms with Crippen LogP contribution >= 0.6 is 0 Å². The monoisotopic (exact) mass is 689 g/mol. The number of hydrogen-bond acceptors (Lipinski definition) is 10. The highest BCUT2D eigenvalue weighted by Gasteiger charge is 2.44. The van der Waals surface area contributed by atoms with Gasteiger partial charge >= 0.3 is 12.2 Å². The van der Waals surface area contributed by atoms with Crippen molar-refractivity contribution in [1.82, 2.24) is 26.1 Å². The number of hydrogen-bond donors (Lipinski definition) is 4. The highest BCUT2D eigenvalue weighted by Crippen LogP contribution is 2.33. The summed E-state index contributed by atoms with van der Waals surface area (Å²) in [5.74, 6) is -0.538. The molecule has 0 bridgehead atoms. The Kier molecular flexibility index (Phi) is 12.4. The van der Waals surface area contributed by atoms with Gasteiger partial charge in [-0.15, -0.1) is 0 Å². The third-order valence-electron chi connectivity index (χ3n) is 8.85. The summed E-state index contributed by atoms with van der Waals surface area (Å²) in [6.07, 6.45) is -0.670. The van der Waals surface area contributed by atoms with Gasteiger partial charge in [0.25, 0.3) is 5.91 Å². The zero-order chi connectivity index (χ0) is 35.7. The van der Waals surface area contributed by atoms with Gasteiger partial charge in [-0.05, 0) is 41.5 Å². The van der Waals surface area contributed by atoms with Crippen molar-refractivity contribution in [2.75, 3.05) is 26.9 Å². The number of rotatable bonds is 13. The predicted octanol–water partition coefficient (Wildman–Crippen LogP) is 3.81. The van der Waals surface area contributed by atoms with Gasteiger partial charge in [0.2, 0.25) is 0 Å². The van der Waals surface area contributed by atoms with Crippen LogP contribution in [0.5, 0.6) is 0 Å². The molecule has 6 atom stereocenters. The molecule has 3 aromatic rings. The molecule has 1 aromatic heterocycles. The molecule has 2 fully saturated rings. The lowest BCUT2D eigenvalue weighted by Crippen LogP contribution is -2.59. The molecule has 5 rings (SSSR count). The third-order valence-corrected chi connectivity index (χ3v) is 8.85. The molecule has 2 saturated heterocycles. The van der Waals surface area contributed by atoms with E-state index >= 15 is 0 Å². The molecule has 0 radical (unpaired) electrons. The van der Waals surface area contributed by atoms with Gasteiger partial charge in [0.1, 0.15) is 12.1 Å². The van der Waals surface area contributed by atoms with Crippen LogP contribution in [0.25, 0.3) is 11.3 Å². The van der Waals surface area contributed by atoms with E-state index in [1.165, 1.54) is 7.11 Å². The van der Waals surface area contributed by atoms with E-state index in [0.717, 1.165) is 28.8 Å². The van der Waals surface area contributed by atoms with Gasteiger partial charge in [-0.2, -0.15) is 0 Å². The number of methoxy groups -OCH3 is 1. The van der Waals surface area contributed by atoms with Crippen LogP contribution in [0.2, 0.25) is 0 Å². The van der Waals surface area contributed by atoms with E-state index in [9.17, 15) is 19.5 Å². The molecule has 50 heavy (non-hydrogen) atoms. The van der Waals surface area contributed by atoms with Gasteiger partial charge in [0.05, 0.1) is 44.1 Å². The Morgan fingerprint density at radius 2 is 1.70 bits per heavy atom. The van der Waals surface area contributed by atoms with Crippen molar-refractivity contribution in [3.05, 3.63) is 90.1 Å². The fourth-order valence-electron chi connectivity index (χ4n) is 6.13. The van der Waals surface area contributed by atoms with Crippen LogP contribution in [-0.2, 0) is 36.7 Å². The van der Waals surface area contributed by atoms with E-state index in [-0.39, 0.29) is 31.9 Å². The minimum atomic E-state index is -1.17. The summed E-state index contributed by atoms with van der Waals surface area (Å²) in [4.78, 5) is 43.6. The lowest BCUT2D eigenvalue weighted by molar-refractivity contribution is -0.131. The number of nitrogens with zero attached hydrogens (tertiary/aromatic N) is 2. The molecule has 4 N–H and O–H groups in total. The van der Waals surface area contributed by atoms with Crippen molar-refractivity contribution >= 4 is 18.1 Å². The summed E-state index contributed by atoms with van der Waals surface area (Å²) < 4.78 is 21.7. The standard InChI is InChI=1S/C37H47N5O8/c1-37(2,3)32(40-35(45)47-4)33(44)41-42(21-25-13-15-26(16-14-25)28-12-8-9-18-38-28)22-30(43)29(20-24-10-6-5-7-11-24)39-36(46)50-31-23-49-34-27(31)17-19-48-34/h5-16,18,27,29-32,34,43H,17,19-23H2,1-4H3,(H,39,46)(H,40,45)(H,41,44)/t27-,29-,30-,31-,32?,34+/m0/s1. The highest BCUT2D eigenvalue weighted by molar-refractivity contribution is 5.86. The summed E-state index contributed by atoms with van der Waals surface area (Å²) in [6, 6.07) is 21.1. The predicted molar refractivity (Wildman–Crippen MR) is 184 cm³/mol. The zero-order valence-corrected chi connectivity index (χ0v) is 28.9. The zero-order valence-electron chi connectivity index (χ0n) is 28.9. The number of pyridine rings is 1. The lowest BCUT2D eigenvalue weighted by atomic mass is 9.86. The number of aliphatic hydroxyl groups is 1. The first kappa shape index (κ1) is 36.7. The lowest BCUT2D eigenvalue weighted by Gasteiger charge is -2.34. The van der Waals surface area contributed by atoms with Crippen molar-refractivity contribution in [2.45, 2.75) is 70.7 Å². The molecular weight excluding hydrogens is 642 g/mol. The summed E-state index contributed by atoms with van der Waals surface area (Å²) in [6.45, 7) is 6.38. The van der Waals surface area contributed by atoms with Gasteiger partial charge in [-0.25, -0.2) is 14.6 Å². The molecule has 0 saturated carbocycles. The molecule has 2 aliphatic heterocycles. The van der Waals surface area contributed by atoms with E-state index in [1.807, 2.05) is 93.6 Å². The maximum Gasteiger partial charge on any atom is 0.407 e. The van der Waals surface area contributed by atoms with E-state index in [1.54, 1.807) is 11.2 Å². The topological polar surface area (TPSA) is 161 Å². The van der Waals surface area contributed by atoms with Crippen LogP contribution in [0.1, 0.15) is 38.3 Å². The highest BCUT2D eigenvalue weighted by atomic mass is 16.7. The number of ether oxygens (including phenoxy) is 4. The Bertz CT molecular complexity index is 1550. The minimum Gasteiger partial charge on any atom is -0.453 e. The largest absolute Gasteiger partial charge is 0.453 e. The van der Waals surface area contributed by atoms with Crippen LogP contribution in [0, 0.1) is 11.3 Å². The van der Waals surface area contributed by atoms with Crippen LogP contribution in [0.15, 0.2) is 79.0 Å². The Morgan fingerprint density at radius 3 is 2.38 bits per heavy atom. The molecule has 0 spiro atoms. The van der Waals surface area contributed by atoms with Crippen molar-refractivity contribution in [3.63, 3.8) is 0 Å². The molecule has 1 unspecified atom stereocenters. The summed E-state index contributed by atoms with van der Waals surface area (Å²) >= 11 is 0. The minimum absolute atomic E-state index is 0.0395. The van der Waals surface area contributed by atoms with E-state index in [2.05, 4.69) is 21.0 Å². The van der Waals surface area contributed by atoms with Gasteiger partial charge < -0.3 is 34.7 Å². The van der Waals surface area contributed by atoms with Crippen molar-refractivity contribution < 1.29 is 38.4 Å². The number of amides is 3. The van der Waals surface area contributed by atoms with Crippen molar-refractivity contribution in [3.8, 4) is 11.3 Å². The molecule has 2 aromatic carbocycles. The normalized spacial score (nSPS) is 20.3. The number of alkyl carbamates (subject to hydrolysis) is 2. The van der Waals surface area contributed by atoms with Gasteiger partial charge in [-0.3, -0.25) is 15.2 Å². The van der Waals surface area contributed by atoms with Crippen LogP contribution in [0.3, 0.4) is 0 Å². The summed E-state index contributed by atoms with van der Waals surface area (Å²) in [5, 5.41) is 18.8. The second-order valence-electron chi connectivity index (χ2n) is 13.7. The maximum absolute atomic E-state index is 13.8. The first-order valence-electron chi connectivity index (χ1n) is 16.8. The molecule has 0 aliphatic carbocycles. The SMILES string of the molecule is COC(=O)NC(C(=O)NN(Cc1ccc(-c2ccccn2)cc1)C[C@H](O)[C@H](Cc1ccccc1)NC(=O)O[C@H]1CO[C@H]2OCC[C@H]21)C(C)(C)C. The molecule has 2 aliphatic rings. The number of aromatic nitrogens is 1. The number of fused-ring (bicyclic) bond motifs is 1. The van der Waals surface area contributed by atoms with E-state index in [0.29, 0.717) is 13.0 Å². The molecule has 3 heterocycles. The van der Waals surface area contributed by atoms with Gasteiger partial charge in [0, 0.05) is 24.8 Å². The average molecular weight is 690 g/mol. The molecule has 268 valence electrons. The Hall–Kier alpha value is -4.56. The third kappa shape index (κ3) is 10.0. The molecular formula is C37H47N5O8. The van der Waals surface area contributed by atoms with Crippen molar-refractivity contribution in [1.29, 1.82) is 0 Å². The number of benzene rings is 2. The average Bonchev–Trinajstić information content (AvgIpc) is 3.72. The Balaban J connectivity index is 1.35. The quantitative estimate of drug-likeness (QED) is 0.194. The van der Waals surface area contributed by atoms with Gasteiger partial charge in [0.15, 0.2) is 6.29 Å². The number of carbonyl (C=O) groups excluding carboxylic acids is 3. The van der Waals surface area contributed by atoms with Gasteiger partial charge in [-0.1, -0.05) is 81.4 Å². The number of hydrazine groups is 1. The van der Waals surface area contributed by atoms with Crippen molar-refractivity contribution in [2.24, 2.45) is 11.3 Å². The smallest absolute Gasteiger partial charge is 0.407 e. The Labute approximate surface area is 292 Å². The fraction of sp³-hybridized carbons (Fsp3) is 0.459. The summed E-state index contributed by atoms with van der Waals surface area (Å²) in [5.41, 5.74) is 5.71. The molecule has 13 heteroatoms. The summed E-state index contributed by atoms with van der Waals surface area (Å²) in [7, 11) is 1.23. The molecule has 3 amide bonds. The first-order valence-corrected chi connectivity index (χ1v) is 16.8. The first-order chi connectivity index (χ1) is 24.0. The van der Waals surface area contributed by atoms with Crippen LogP contribution < -0.4 is 16.1 Å². The maximum atomic E-state index is 13.8.